The maximum atomic E-state index is 5.63. The van der Waals surface area contributed by atoms with E-state index in [0.29, 0.717) is 11.9 Å². The fourth-order valence-corrected chi connectivity index (χ4v) is 1.47. The molecular formula is C11H19N3. The number of nitrogens with two attached hydrogens (primary N) is 1. The number of anilines is 2. The van der Waals surface area contributed by atoms with Crippen LogP contribution in [0.2, 0.25) is 0 Å². The van der Waals surface area contributed by atoms with E-state index < -0.39 is 0 Å². The molecule has 2 N–H and O–H groups in total. The van der Waals surface area contributed by atoms with E-state index >= 15 is 0 Å². The molecular weight excluding hydrogens is 174 g/mol. The molecule has 0 aliphatic carbocycles. The minimum atomic E-state index is 0.509. The van der Waals surface area contributed by atoms with Crippen LogP contribution in [-0.2, 0) is 0 Å². The van der Waals surface area contributed by atoms with E-state index in [0.717, 1.165) is 5.82 Å². The van der Waals surface area contributed by atoms with Crippen molar-refractivity contribution in [2.75, 3.05) is 17.7 Å². The first-order valence-corrected chi connectivity index (χ1v) is 5.10. The van der Waals surface area contributed by atoms with Gasteiger partial charge in [-0.05, 0) is 25.5 Å². The van der Waals surface area contributed by atoms with Crippen LogP contribution in [0.4, 0.5) is 11.6 Å². The Labute approximate surface area is 85.9 Å². The molecule has 1 rings (SSSR count). The lowest BCUT2D eigenvalue weighted by Crippen LogP contribution is -2.29. The topological polar surface area (TPSA) is 42.1 Å². The van der Waals surface area contributed by atoms with Gasteiger partial charge in [0, 0.05) is 13.1 Å². The van der Waals surface area contributed by atoms with Crippen LogP contribution in [0.5, 0.6) is 0 Å². The number of nitrogen functional groups attached to an aromatic ring is 1. The SMILES string of the molecule is CCCC(C)N(C)c1cccc(N)n1. The predicted octanol–water partition coefficient (Wildman–Crippen LogP) is 2.29. The van der Waals surface area contributed by atoms with E-state index in [1.54, 1.807) is 0 Å². The lowest BCUT2D eigenvalue weighted by atomic mass is 10.2. The maximum absolute atomic E-state index is 5.63. The Bertz CT molecular complexity index is 286. The highest BCUT2D eigenvalue weighted by Gasteiger charge is 2.09. The molecule has 1 heterocycles. The van der Waals surface area contributed by atoms with Crippen LogP contribution in [0.3, 0.4) is 0 Å². The smallest absolute Gasteiger partial charge is 0.130 e. The maximum Gasteiger partial charge on any atom is 0.130 e. The molecule has 0 spiro atoms. The number of aromatic nitrogens is 1. The van der Waals surface area contributed by atoms with Crippen molar-refractivity contribution < 1.29 is 0 Å². The normalized spacial score (nSPS) is 12.5. The molecule has 1 aromatic rings. The number of hydrogen-bond acceptors (Lipinski definition) is 3. The molecule has 0 aliphatic rings. The van der Waals surface area contributed by atoms with Gasteiger partial charge in [-0.15, -0.1) is 0 Å². The van der Waals surface area contributed by atoms with Crippen molar-refractivity contribution in [1.82, 2.24) is 4.98 Å². The fraction of sp³-hybridized carbons (Fsp3) is 0.545. The standard InChI is InChI=1S/C11H19N3/c1-4-6-9(2)14(3)11-8-5-7-10(12)13-11/h5,7-9H,4,6H2,1-3H3,(H2,12,13). The summed E-state index contributed by atoms with van der Waals surface area (Å²) in [5.41, 5.74) is 5.63. The summed E-state index contributed by atoms with van der Waals surface area (Å²) in [4.78, 5) is 6.45. The minimum Gasteiger partial charge on any atom is -0.384 e. The first kappa shape index (κ1) is 10.8. The van der Waals surface area contributed by atoms with Gasteiger partial charge >= 0.3 is 0 Å². The fourth-order valence-electron chi connectivity index (χ4n) is 1.47. The Hall–Kier alpha value is -1.25. The molecule has 0 bridgehead atoms. The van der Waals surface area contributed by atoms with Crippen molar-refractivity contribution in [1.29, 1.82) is 0 Å². The second-order valence-electron chi connectivity index (χ2n) is 3.67. The third-order valence-corrected chi connectivity index (χ3v) is 2.48. The number of nitrogens with zero attached hydrogens (tertiary/aromatic N) is 2. The van der Waals surface area contributed by atoms with E-state index in [1.165, 1.54) is 12.8 Å². The molecule has 0 aromatic carbocycles. The molecule has 0 saturated heterocycles. The van der Waals surface area contributed by atoms with Gasteiger partial charge in [0.15, 0.2) is 0 Å². The van der Waals surface area contributed by atoms with Gasteiger partial charge in [-0.25, -0.2) is 4.98 Å². The molecule has 14 heavy (non-hydrogen) atoms. The van der Waals surface area contributed by atoms with E-state index in [-0.39, 0.29) is 0 Å². The van der Waals surface area contributed by atoms with Crippen LogP contribution in [0, 0.1) is 0 Å². The van der Waals surface area contributed by atoms with Crippen LogP contribution in [-0.4, -0.2) is 18.1 Å². The molecule has 0 amide bonds. The third-order valence-electron chi connectivity index (χ3n) is 2.48. The molecule has 1 aromatic heterocycles. The lowest BCUT2D eigenvalue weighted by molar-refractivity contribution is 0.611. The predicted molar refractivity (Wildman–Crippen MR) is 61.4 cm³/mol. The highest BCUT2D eigenvalue weighted by molar-refractivity contribution is 5.44. The van der Waals surface area contributed by atoms with Gasteiger partial charge in [-0.1, -0.05) is 19.4 Å². The first-order chi connectivity index (χ1) is 6.65. The van der Waals surface area contributed by atoms with Crippen LogP contribution < -0.4 is 10.6 Å². The highest BCUT2D eigenvalue weighted by Crippen LogP contribution is 2.15. The summed E-state index contributed by atoms with van der Waals surface area (Å²) in [5, 5.41) is 0. The lowest BCUT2D eigenvalue weighted by Gasteiger charge is -2.25. The first-order valence-electron chi connectivity index (χ1n) is 5.10. The highest BCUT2D eigenvalue weighted by atomic mass is 15.2. The monoisotopic (exact) mass is 193 g/mol. The van der Waals surface area contributed by atoms with Crippen molar-refractivity contribution in [3.63, 3.8) is 0 Å². The quantitative estimate of drug-likeness (QED) is 0.797. The summed E-state index contributed by atoms with van der Waals surface area (Å²) in [6, 6.07) is 6.24. The minimum absolute atomic E-state index is 0.509. The van der Waals surface area contributed by atoms with Crippen molar-refractivity contribution in [3.05, 3.63) is 18.2 Å². The molecule has 3 heteroatoms. The third kappa shape index (κ3) is 2.62. The van der Waals surface area contributed by atoms with E-state index in [9.17, 15) is 0 Å². The summed E-state index contributed by atoms with van der Waals surface area (Å²) in [5.74, 6) is 1.53. The zero-order valence-corrected chi connectivity index (χ0v) is 9.20. The Balaban J connectivity index is 2.73. The Morgan fingerprint density at radius 3 is 2.79 bits per heavy atom. The van der Waals surface area contributed by atoms with Gasteiger partial charge in [0.2, 0.25) is 0 Å². The molecule has 0 saturated carbocycles. The van der Waals surface area contributed by atoms with Gasteiger partial charge in [0.05, 0.1) is 0 Å². The zero-order chi connectivity index (χ0) is 10.6. The largest absolute Gasteiger partial charge is 0.384 e. The van der Waals surface area contributed by atoms with Gasteiger partial charge in [0.1, 0.15) is 11.6 Å². The molecule has 0 aliphatic heterocycles. The number of rotatable bonds is 4. The number of hydrogen-bond donors (Lipinski definition) is 1. The Kier molecular flexibility index (Phi) is 3.74. The zero-order valence-electron chi connectivity index (χ0n) is 9.20. The van der Waals surface area contributed by atoms with Crippen LogP contribution in [0.1, 0.15) is 26.7 Å². The molecule has 0 fully saturated rings. The second kappa shape index (κ2) is 4.84. The second-order valence-corrected chi connectivity index (χ2v) is 3.67. The van der Waals surface area contributed by atoms with Crippen molar-refractivity contribution in [3.8, 4) is 0 Å². The van der Waals surface area contributed by atoms with E-state index in [4.69, 9.17) is 5.73 Å². The van der Waals surface area contributed by atoms with Crippen molar-refractivity contribution in [2.24, 2.45) is 0 Å². The summed E-state index contributed by atoms with van der Waals surface area (Å²) in [6.07, 6.45) is 2.36. The molecule has 3 nitrogen and oxygen atoms in total. The van der Waals surface area contributed by atoms with Gasteiger partial charge in [-0.3, -0.25) is 0 Å². The summed E-state index contributed by atoms with van der Waals surface area (Å²) in [7, 11) is 2.06. The van der Waals surface area contributed by atoms with Crippen LogP contribution in [0.15, 0.2) is 18.2 Å². The number of pyridine rings is 1. The Morgan fingerprint density at radius 1 is 1.50 bits per heavy atom. The average molecular weight is 193 g/mol. The van der Waals surface area contributed by atoms with Gasteiger partial charge < -0.3 is 10.6 Å². The molecule has 78 valence electrons. The van der Waals surface area contributed by atoms with E-state index in [2.05, 4.69) is 30.8 Å². The van der Waals surface area contributed by atoms with Gasteiger partial charge in [-0.2, -0.15) is 0 Å². The van der Waals surface area contributed by atoms with Crippen molar-refractivity contribution in [2.45, 2.75) is 32.7 Å². The molecule has 1 atom stereocenters. The van der Waals surface area contributed by atoms with Gasteiger partial charge in [0.25, 0.3) is 0 Å². The van der Waals surface area contributed by atoms with E-state index in [1.807, 2.05) is 18.2 Å². The molecule has 0 radical (unpaired) electrons. The summed E-state index contributed by atoms with van der Waals surface area (Å²) in [6.45, 7) is 4.39. The average Bonchev–Trinajstić information content (AvgIpc) is 2.17. The van der Waals surface area contributed by atoms with Crippen LogP contribution in [0.25, 0.3) is 0 Å². The van der Waals surface area contributed by atoms with Crippen LogP contribution >= 0.6 is 0 Å². The molecule has 1 unspecified atom stereocenters. The summed E-state index contributed by atoms with van der Waals surface area (Å²) >= 11 is 0. The Morgan fingerprint density at radius 2 is 2.21 bits per heavy atom. The van der Waals surface area contributed by atoms with Crippen molar-refractivity contribution >= 4 is 11.6 Å². The summed E-state index contributed by atoms with van der Waals surface area (Å²) < 4.78 is 0.